The molecule has 1 fully saturated rings. The van der Waals surface area contributed by atoms with Crippen molar-refractivity contribution < 1.29 is 33.0 Å². The van der Waals surface area contributed by atoms with E-state index in [0.29, 0.717) is 5.56 Å². The van der Waals surface area contributed by atoms with Gasteiger partial charge in [-0.25, -0.2) is 14.0 Å². The Kier molecular flexibility index (Phi) is 7.33. The first-order chi connectivity index (χ1) is 14.7. The van der Waals surface area contributed by atoms with E-state index < -0.39 is 40.9 Å². The number of carbonyl (C=O) groups is 3. The van der Waals surface area contributed by atoms with E-state index in [-0.39, 0.29) is 12.2 Å². The molecule has 0 N–H and O–H groups in total. The number of hydrogen-bond acceptors (Lipinski definition) is 7. The lowest BCUT2D eigenvalue weighted by atomic mass is 10.1. The van der Waals surface area contributed by atoms with Crippen molar-refractivity contribution in [1.82, 2.24) is 0 Å². The number of hydrogen-bond donors (Lipinski definition) is 0. The molecule has 164 valence electrons. The van der Waals surface area contributed by atoms with Crippen LogP contribution in [-0.4, -0.2) is 47.5 Å². The fourth-order valence-electron chi connectivity index (χ4n) is 3.03. The van der Waals surface area contributed by atoms with Gasteiger partial charge in [-0.2, -0.15) is 0 Å². The third-order valence-corrected chi connectivity index (χ3v) is 6.11. The minimum atomic E-state index is -1.76. The lowest BCUT2D eigenvalue weighted by Gasteiger charge is -2.20. The molecular weight excluding hydrogens is 423 g/mol. The first-order valence-electron chi connectivity index (χ1n) is 9.73. The Balaban J connectivity index is 1.70. The highest BCUT2D eigenvalue weighted by molar-refractivity contribution is 8.00. The number of thioether (sulfide) groups is 1. The van der Waals surface area contributed by atoms with Gasteiger partial charge in [0.1, 0.15) is 6.61 Å². The Morgan fingerprint density at radius 1 is 0.871 bits per heavy atom. The predicted octanol–water partition coefficient (Wildman–Crippen LogP) is 4.03. The molecule has 0 saturated carbocycles. The van der Waals surface area contributed by atoms with Crippen molar-refractivity contribution in [2.75, 3.05) is 6.61 Å². The molecule has 0 spiro atoms. The number of halogens is 1. The highest BCUT2D eigenvalue weighted by Gasteiger charge is 2.49. The maximum atomic E-state index is 15.0. The van der Waals surface area contributed by atoms with E-state index in [4.69, 9.17) is 14.2 Å². The number of carbonyl (C=O) groups excluding carboxylic acids is 3. The molecule has 1 aliphatic heterocycles. The highest BCUT2D eigenvalue weighted by atomic mass is 32.2. The minimum Gasteiger partial charge on any atom is -0.461 e. The van der Waals surface area contributed by atoms with Gasteiger partial charge < -0.3 is 14.2 Å². The average molecular weight is 446 g/mol. The van der Waals surface area contributed by atoms with Gasteiger partial charge in [-0.1, -0.05) is 35.4 Å². The number of ether oxygens (including phenoxy) is 3. The van der Waals surface area contributed by atoms with Crippen LogP contribution in [0.15, 0.2) is 48.5 Å². The molecule has 1 aliphatic rings. The molecule has 0 radical (unpaired) electrons. The SMILES string of the molecule is CC(=O)OC1S[C@H](COC(=O)c2ccc(C)cc2)[C@@H](OC(=O)c2ccc(C)cc2)C1F. The smallest absolute Gasteiger partial charge is 0.338 e. The highest BCUT2D eigenvalue weighted by Crippen LogP contribution is 2.39. The zero-order chi connectivity index (χ0) is 22.5. The second-order valence-electron chi connectivity index (χ2n) is 7.30. The summed E-state index contributed by atoms with van der Waals surface area (Å²) in [4.78, 5) is 36.1. The molecule has 1 heterocycles. The van der Waals surface area contributed by atoms with Crippen LogP contribution in [0.2, 0.25) is 0 Å². The van der Waals surface area contributed by atoms with E-state index in [1.54, 1.807) is 48.5 Å². The Labute approximate surface area is 184 Å². The topological polar surface area (TPSA) is 78.9 Å². The van der Waals surface area contributed by atoms with Gasteiger partial charge in [0.15, 0.2) is 17.7 Å². The summed E-state index contributed by atoms with van der Waals surface area (Å²) in [6, 6.07) is 13.5. The van der Waals surface area contributed by atoms with Gasteiger partial charge in [0.25, 0.3) is 0 Å². The fourth-order valence-corrected chi connectivity index (χ4v) is 4.38. The number of alkyl halides is 1. The number of aryl methyl sites for hydroxylation is 2. The Morgan fingerprint density at radius 2 is 1.39 bits per heavy atom. The van der Waals surface area contributed by atoms with Crippen LogP contribution in [-0.2, 0) is 19.0 Å². The zero-order valence-electron chi connectivity index (χ0n) is 17.4. The summed E-state index contributed by atoms with van der Waals surface area (Å²) in [5, 5.41) is -0.733. The molecule has 0 amide bonds. The fraction of sp³-hybridized carbons (Fsp3) is 0.348. The van der Waals surface area contributed by atoms with Gasteiger partial charge in [-0.15, -0.1) is 11.8 Å². The summed E-state index contributed by atoms with van der Waals surface area (Å²) in [6.45, 7) is 4.74. The first kappa shape index (κ1) is 22.8. The Morgan fingerprint density at radius 3 is 1.90 bits per heavy atom. The van der Waals surface area contributed by atoms with Crippen LogP contribution in [0.1, 0.15) is 38.8 Å². The molecule has 3 rings (SSSR count). The average Bonchev–Trinajstić information content (AvgIpc) is 3.01. The van der Waals surface area contributed by atoms with Gasteiger partial charge in [-0.3, -0.25) is 4.79 Å². The second kappa shape index (κ2) is 9.96. The molecule has 4 atom stereocenters. The van der Waals surface area contributed by atoms with E-state index in [9.17, 15) is 18.8 Å². The summed E-state index contributed by atoms with van der Waals surface area (Å²) in [6.07, 6.45) is -3.00. The van der Waals surface area contributed by atoms with E-state index in [1.165, 1.54) is 6.92 Å². The van der Waals surface area contributed by atoms with Crippen molar-refractivity contribution in [1.29, 1.82) is 0 Å². The van der Waals surface area contributed by atoms with Crippen LogP contribution in [0.4, 0.5) is 4.39 Å². The third kappa shape index (κ3) is 5.85. The molecule has 6 nitrogen and oxygen atoms in total. The molecule has 0 aliphatic carbocycles. The van der Waals surface area contributed by atoms with E-state index in [2.05, 4.69) is 0 Å². The quantitative estimate of drug-likeness (QED) is 0.490. The van der Waals surface area contributed by atoms with Crippen molar-refractivity contribution in [3.63, 3.8) is 0 Å². The first-order valence-corrected chi connectivity index (χ1v) is 10.7. The largest absolute Gasteiger partial charge is 0.461 e. The minimum absolute atomic E-state index is 0.207. The molecule has 0 aromatic heterocycles. The molecule has 8 heteroatoms. The monoisotopic (exact) mass is 446 g/mol. The lowest BCUT2D eigenvalue weighted by Crippen LogP contribution is -2.37. The van der Waals surface area contributed by atoms with Gasteiger partial charge >= 0.3 is 17.9 Å². The number of esters is 3. The van der Waals surface area contributed by atoms with E-state index in [0.717, 1.165) is 22.9 Å². The maximum Gasteiger partial charge on any atom is 0.338 e. The van der Waals surface area contributed by atoms with Crippen molar-refractivity contribution >= 4 is 29.7 Å². The van der Waals surface area contributed by atoms with E-state index >= 15 is 0 Å². The van der Waals surface area contributed by atoms with Crippen molar-refractivity contribution in [2.24, 2.45) is 0 Å². The van der Waals surface area contributed by atoms with Crippen molar-refractivity contribution in [2.45, 2.75) is 43.7 Å². The van der Waals surface area contributed by atoms with Crippen LogP contribution >= 0.6 is 11.8 Å². The van der Waals surface area contributed by atoms with Crippen molar-refractivity contribution in [3.8, 4) is 0 Å². The second-order valence-corrected chi connectivity index (χ2v) is 8.64. The molecule has 2 aromatic rings. The normalized spacial score (nSPS) is 22.6. The molecule has 2 aromatic carbocycles. The Bertz CT molecular complexity index is 944. The van der Waals surface area contributed by atoms with Crippen LogP contribution in [0, 0.1) is 13.8 Å². The van der Waals surface area contributed by atoms with E-state index in [1.807, 2.05) is 13.8 Å². The summed E-state index contributed by atoms with van der Waals surface area (Å²) >= 11 is 0.962. The maximum absolute atomic E-state index is 15.0. The van der Waals surface area contributed by atoms with Crippen LogP contribution < -0.4 is 0 Å². The molecular formula is C23H23FO6S. The molecule has 31 heavy (non-hydrogen) atoms. The summed E-state index contributed by atoms with van der Waals surface area (Å²) < 4.78 is 30.7. The lowest BCUT2D eigenvalue weighted by molar-refractivity contribution is -0.145. The van der Waals surface area contributed by atoms with Gasteiger partial charge in [0.05, 0.1) is 16.4 Å². The number of rotatable bonds is 6. The van der Waals surface area contributed by atoms with Crippen LogP contribution in [0.25, 0.3) is 0 Å². The standard InChI is InChI=1S/C23H23FO6S/c1-13-4-8-16(9-5-13)21(26)28-12-18-20(19(24)23(31-18)29-15(3)25)30-22(27)17-10-6-14(2)7-11-17/h4-11,18-20,23H,12H2,1-3H3/t18-,19?,20-,23?/m1/s1. The van der Waals surface area contributed by atoms with Gasteiger partial charge in [-0.05, 0) is 38.1 Å². The molecule has 2 unspecified atom stereocenters. The Hall–Kier alpha value is -2.87. The molecule has 0 bridgehead atoms. The summed E-state index contributed by atoms with van der Waals surface area (Å²) in [5.41, 5.74) is 1.43. The summed E-state index contributed by atoms with van der Waals surface area (Å²) in [7, 11) is 0. The summed E-state index contributed by atoms with van der Waals surface area (Å²) in [5.74, 6) is -1.93. The third-order valence-electron chi connectivity index (χ3n) is 4.73. The molecule has 1 saturated heterocycles. The predicted molar refractivity (Wildman–Crippen MR) is 114 cm³/mol. The van der Waals surface area contributed by atoms with Gasteiger partial charge in [0, 0.05) is 6.92 Å². The van der Waals surface area contributed by atoms with Crippen LogP contribution in [0.3, 0.4) is 0 Å². The van der Waals surface area contributed by atoms with Crippen molar-refractivity contribution in [3.05, 3.63) is 70.8 Å². The van der Waals surface area contributed by atoms with Crippen LogP contribution in [0.5, 0.6) is 0 Å². The number of benzene rings is 2. The zero-order valence-corrected chi connectivity index (χ0v) is 18.2. The van der Waals surface area contributed by atoms with Gasteiger partial charge in [0.2, 0.25) is 0 Å².